The lowest BCUT2D eigenvalue weighted by Gasteiger charge is -2.32. The fraction of sp³-hybridized carbons (Fsp3) is 0.588. The van der Waals surface area contributed by atoms with E-state index in [9.17, 15) is 9.90 Å². The van der Waals surface area contributed by atoms with Gasteiger partial charge in [-0.15, -0.1) is 0 Å². The molecule has 1 aromatic rings. The average Bonchev–Trinajstić information content (AvgIpc) is 3.31. The Morgan fingerprint density at radius 2 is 1.95 bits per heavy atom. The molecule has 1 heterocycles. The molecule has 2 fully saturated rings. The fourth-order valence-corrected chi connectivity index (χ4v) is 3.69. The fourth-order valence-electron chi connectivity index (χ4n) is 3.43. The number of aliphatic hydroxyl groups excluding tert-OH is 1. The van der Waals surface area contributed by atoms with Gasteiger partial charge in [0, 0.05) is 11.0 Å². The van der Waals surface area contributed by atoms with Crippen LogP contribution in [0.3, 0.4) is 0 Å². The molecule has 3 rings (SSSR count). The summed E-state index contributed by atoms with van der Waals surface area (Å²) < 4.78 is 1.04. The molecule has 1 saturated carbocycles. The van der Waals surface area contributed by atoms with Crippen LogP contribution in [0.15, 0.2) is 28.7 Å². The first-order valence-electron chi connectivity index (χ1n) is 7.85. The maximum atomic E-state index is 13.1. The van der Waals surface area contributed by atoms with Crippen molar-refractivity contribution < 1.29 is 9.90 Å². The summed E-state index contributed by atoms with van der Waals surface area (Å²) >= 11 is 3.45. The Kier molecular flexibility index (Phi) is 4.36. The highest BCUT2D eigenvalue weighted by molar-refractivity contribution is 9.10. The van der Waals surface area contributed by atoms with Gasteiger partial charge in [0.05, 0.1) is 18.1 Å². The Bertz CT molecular complexity index is 510. The van der Waals surface area contributed by atoms with Gasteiger partial charge < -0.3 is 10.0 Å². The van der Waals surface area contributed by atoms with Gasteiger partial charge in [0.25, 0.3) is 0 Å². The lowest BCUT2D eigenvalue weighted by molar-refractivity contribution is -0.137. The van der Waals surface area contributed by atoms with Crippen molar-refractivity contribution in [2.75, 3.05) is 13.2 Å². The van der Waals surface area contributed by atoms with E-state index in [1.54, 1.807) is 0 Å². The van der Waals surface area contributed by atoms with Crippen molar-refractivity contribution in [3.8, 4) is 0 Å². The Labute approximate surface area is 134 Å². The molecule has 2 aliphatic rings. The van der Waals surface area contributed by atoms with E-state index in [1.165, 1.54) is 0 Å². The van der Waals surface area contributed by atoms with Crippen molar-refractivity contribution >= 4 is 21.8 Å². The van der Waals surface area contributed by atoms with Crippen LogP contribution in [0.25, 0.3) is 0 Å². The molecule has 4 heteroatoms. The summed E-state index contributed by atoms with van der Waals surface area (Å²) in [6, 6.07) is 8.14. The van der Waals surface area contributed by atoms with Crippen molar-refractivity contribution in [3.63, 3.8) is 0 Å². The number of hydrogen-bond acceptors (Lipinski definition) is 2. The molecular formula is C17H22BrNO2. The van der Waals surface area contributed by atoms with E-state index in [-0.39, 0.29) is 24.0 Å². The first kappa shape index (κ1) is 15.0. The van der Waals surface area contributed by atoms with Crippen molar-refractivity contribution in [1.29, 1.82) is 0 Å². The third kappa shape index (κ3) is 2.88. The van der Waals surface area contributed by atoms with Gasteiger partial charge in [-0.25, -0.2) is 0 Å². The van der Waals surface area contributed by atoms with Crippen LogP contribution < -0.4 is 0 Å². The molecule has 21 heavy (non-hydrogen) atoms. The van der Waals surface area contributed by atoms with Gasteiger partial charge in [0.2, 0.25) is 5.91 Å². The van der Waals surface area contributed by atoms with Gasteiger partial charge in [-0.3, -0.25) is 4.79 Å². The normalized spacial score (nSPS) is 24.5. The minimum absolute atomic E-state index is 0.00734. The molecule has 1 aliphatic heterocycles. The Morgan fingerprint density at radius 1 is 1.24 bits per heavy atom. The van der Waals surface area contributed by atoms with Crippen molar-refractivity contribution in [3.05, 3.63) is 34.3 Å². The number of likely N-dealkylation sites (tertiary alicyclic amines) is 1. The number of carbonyl (C=O) groups is 1. The zero-order chi connectivity index (χ0) is 14.9. The molecule has 114 valence electrons. The van der Waals surface area contributed by atoms with Gasteiger partial charge in [0.1, 0.15) is 0 Å². The number of halogens is 1. The molecule has 0 spiro atoms. The Morgan fingerprint density at radius 3 is 2.57 bits per heavy atom. The second-order valence-electron chi connectivity index (χ2n) is 6.27. The molecule has 0 aromatic heterocycles. The summed E-state index contributed by atoms with van der Waals surface area (Å²) in [7, 11) is 0. The van der Waals surface area contributed by atoms with Gasteiger partial charge in [-0.1, -0.05) is 40.9 Å². The summed E-state index contributed by atoms with van der Waals surface area (Å²) in [5.74, 6) is 0.228. The highest BCUT2D eigenvalue weighted by atomic mass is 79.9. The van der Waals surface area contributed by atoms with Crippen LogP contribution in [0, 0.1) is 0 Å². The molecule has 0 bridgehead atoms. The van der Waals surface area contributed by atoms with Crippen LogP contribution >= 0.6 is 15.9 Å². The molecule has 1 amide bonds. The van der Waals surface area contributed by atoms with Crippen LogP contribution in [-0.4, -0.2) is 35.1 Å². The molecule has 1 aromatic carbocycles. The predicted octanol–water partition coefficient (Wildman–Crippen LogP) is 3.24. The number of nitrogens with zero attached hydrogens (tertiary/aromatic N) is 1. The molecule has 1 saturated heterocycles. The Hall–Kier alpha value is -0.870. The lowest BCUT2D eigenvalue weighted by atomic mass is 9.93. The standard InChI is InChI=1S/C17H22BrNO2/c18-14-7-5-13(6-8-14)17(9-10-17)16(21)19-11-3-1-2-4-15(19)12-20/h5-8,15,20H,1-4,9-12H2. The van der Waals surface area contributed by atoms with E-state index in [1.807, 2.05) is 17.0 Å². The smallest absolute Gasteiger partial charge is 0.233 e. The molecule has 3 nitrogen and oxygen atoms in total. The number of carbonyl (C=O) groups excluding carboxylic acids is 1. The van der Waals surface area contributed by atoms with Crippen LogP contribution in [-0.2, 0) is 10.2 Å². The van der Waals surface area contributed by atoms with E-state index >= 15 is 0 Å². The molecule has 1 N–H and O–H groups in total. The number of amides is 1. The van der Waals surface area contributed by atoms with E-state index < -0.39 is 0 Å². The summed E-state index contributed by atoms with van der Waals surface area (Å²) in [6.45, 7) is 0.879. The third-order valence-corrected chi connectivity index (χ3v) is 5.43. The van der Waals surface area contributed by atoms with Crippen LogP contribution in [0.4, 0.5) is 0 Å². The van der Waals surface area contributed by atoms with Gasteiger partial charge in [-0.2, -0.15) is 0 Å². The maximum Gasteiger partial charge on any atom is 0.233 e. The Balaban J connectivity index is 1.84. The van der Waals surface area contributed by atoms with Crippen molar-refractivity contribution in [2.24, 2.45) is 0 Å². The molecule has 1 aliphatic carbocycles. The number of rotatable bonds is 3. The minimum atomic E-state index is -0.321. The second kappa shape index (κ2) is 6.09. The monoisotopic (exact) mass is 351 g/mol. The molecule has 1 unspecified atom stereocenters. The van der Waals surface area contributed by atoms with E-state index in [2.05, 4.69) is 28.1 Å². The SMILES string of the molecule is O=C(N1CCCCCC1CO)C1(c2ccc(Br)cc2)CC1. The van der Waals surface area contributed by atoms with E-state index in [4.69, 9.17) is 0 Å². The average molecular weight is 352 g/mol. The first-order chi connectivity index (χ1) is 10.2. The predicted molar refractivity (Wildman–Crippen MR) is 86.1 cm³/mol. The maximum absolute atomic E-state index is 13.1. The minimum Gasteiger partial charge on any atom is -0.394 e. The first-order valence-corrected chi connectivity index (χ1v) is 8.65. The zero-order valence-corrected chi connectivity index (χ0v) is 13.8. The largest absolute Gasteiger partial charge is 0.394 e. The molecule has 1 atom stereocenters. The number of aliphatic hydroxyl groups is 1. The topological polar surface area (TPSA) is 40.5 Å². The second-order valence-corrected chi connectivity index (χ2v) is 7.19. The lowest BCUT2D eigenvalue weighted by Crippen LogP contribution is -2.47. The molecular weight excluding hydrogens is 330 g/mol. The summed E-state index contributed by atoms with van der Waals surface area (Å²) in [4.78, 5) is 15.1. The third-order valence-electron chi connectivity index (χ3n) is 4.90. The highest BCUT2D eigenvalue weighted by Crippen LogP contribution is 2.50. The van der Waals surface area contributed by atoms with Crippen LogP contribution in [0.5, 0.6) is 0 Å². The van der Waals surface area contributed by atoms with E-state index in [0.717, 1.165) is 55.1 Å². The highest BCUT2D eigenvalue weighted by Gasteiger charge is 2.53. The number of hydrogen-bond donors (Lipinski definition) is 1. The van der Waals surface area contributed by atoms with Crippen molar-refractivity contribution in [2.45, 2.75) is 50.0 Å². The summed E-state index contributed by atoms with van der Waals surface area (Å²) in [5, 5.41) is 9.63. The van der Waals surface area contributed by atoms with Gasteiger partial charge >= 0.3 is 0 Å². The quantitative estimate of drug-likeness (QED) is 0.907. The van der Waals surface area contributed by atoms with Crippen LogP contribution in [0.1, 0.15) is 44.1 Å². The summed E-state index contributed by atoms with van der Waals surface area (Å²) in [5.41, 5.74) is 0.801. The van der Waals surface area contributed by atoms with E-state index in [0.29, 0.717) is 0 Å². The zero-order valence-electron chi connectivity index (χ0n) is 12.2. The van der Waals surface area contributed by atoms with Crippen molar-refractivity contribution in [1.82, 2.24) is 4.90 Å². The number of benzene rings is 1. The van der Waals surface area contributed by atoms with Crippen LogP contribution in [0.2, 0.25) is 0 Å². The van der Waals surface area contributed by atoms with Gasteiger partial charge in [0.15, 0.2) is 0 Å². The summed E-state index contributed by atoms with van der Waals surface area (Å²) in [6.07, 6.45) is 6.12. The van der Waals surface area contributed by atoms with Gasteiger partial charge in [-0.05, 0) is 43.4 Å². The molecule has 0 radical (unpaired) electrons.